The fourth-order valence-electron chi connectivity index (χ4n) is 2.46. The molecule has 1 aromatic rings. The van der Waals surface area contributed by atoms with Crippen molar-refractivity contribution in [2.75, 3.05) is 37.6 Å². The molecule has 5 heteroatoms. The number of halogens is 1. The maximum Gasteiger partial charge on any atom is 0.106 e. The minimum Gasteiger partial charge on any atom is -0.389 e. The second-order valence-corrected chi connectivity index (χ2v) is 5.86. The van der Waals surface area contributed by atoms with E-state index in [4.69, 9.17) is 29.6 Å². The van der Waals surface area contributed by atoms with Crippen molar-refractivity contribution < 1.29 is 0 Å². The van der Waals surface area contributed by atoms with Crippen molar-refractivity contribution in [3.63, 3.8) is 0 Å². The van der Waals surface area contributed by atoms with Gasteiger partial charge in [-0.3, -0.25) is 0 Å². The van der Waals surface area contributed by atoms with Gasteiger partial charge in [0.25, 0.3) is 0 Å². The molecule has 0 aromatic heterocycles. The third-order valence-corrected chi connectivity index (χ3v) is 4.20. The molecular formula is C16H26ClN3S. The summed E-state index contributed by atoms with van der Waals surface area (Å²) in [5.41, 5.74) is 7.77. The smallest absolute Gasteiger partial charge is 0.106 e. The van der Waals surface area contributed by atoms with Crippen LogP contribution in [0.3, 0.4) is 0 Å². The van der Waals surface area contributed by atoms with Crippen LogP contribution in [-0.4, -0.2) is 42.6 Å². The van der Waals surface area contributed by atoms with Crippen LogP contribution >= 0.6 is 23.8 Å². The molecule has 0 saturated carbocycles. The SMILES string of the molecule is CCN(CC)CCCN(CC)c1ccc(Cl)cc1C(N)=S. The van der Waals surface area contributed by atoms with E-state index in [1.807, 2.05) is 18.2 Å². The molecule has 118 valence electrons. The highest BCUT2D eigenvalue weighted by atomic mass is 35.5. The number of nitrogens with two attached hydrogens (primary N) is 1. The van der Waals surface area contributed by atoms with Crippen molar-refractivity contribution in [2.24, 2.45) is 5.73 Å². The lowest BCUT2D eigenvalue weighted by Gasteiger charge is -2.27. The lowest BCUT2D eigenvalue weighted by atomic mass is 10.1. The van der Waals surface area contributed by atoms with Crippen LogP contribution in [0.5, 0.6) is 0 Å². The molecule has 1 rings (SSSR count). The Balaban J connectivity index is 2.78. The quantitative estimate of drug-likeness (QED) is 0.703. The van der Waals surface area contributed by atoms with Gasteiger partial charge in [-0.25, -0.2) is 0 Å². The van der Waals surface area contributed by atoms with Gasteiger partial charge in [0.05, 0.1) is 0 Å². The molecule has 0 unspecified atom stereocenters. The molecule has 0 saturated heterocycles. The van der Waals surface area contributed by atoms with Gasteiger partial charge in [-0.2, -0.15) is 0 Å². The number of rotatable bonds is 9. The molecule has 0 amide bonds. The minimum atomic E-state index is 0.398. The van der Waals surface area contributed by atoms with Gasteiger partial charge in [-0.05, 0) is 51.2 Å². The third kappa shape index (κ3) is 5.46. The highest BCUT2D eigenvalue weighted by Crippen LogP contribution is 2.24. The third-order valence-electron chi connectivity index (χ3n) is 3.74. The standard InChI is InChI=1S/C16H26ClN3S/c1-4-19(5-2)10-7-11-20(6-3)15-9-8-13(17)12-14(15)16(18)21/h8-9,12H,4-7,10-11H2,1-3H3,(H2,18,21). The average Bonchev–Trinajstić information content (AvgIpc) is 2.48. The summed E-state index contributed by atoms with van der Waals surface area (Å²) < 4.78 is 0. The van der Waals surface area contributed by atoms with Crippen LogP contribution in [0.2, 0.25) is 5.02 Å². The number of benzene rings is 1. The number of hydrogen-bond donors (Lipinski definition) is 1. The second-order valence-electron chi connectivity index (χ2n) is 4.99. The van der Waals surface area contributed by atoms with Crippen molar-refractivity contribution in [1.29, 1.82) is 0 Å². The number of anilines is 1. The summed E-state index contributed by atoms with van der Waals surface area (Å²) in [5.74, 6) is 0. The Labute approximate surface area is 139 Å². The molecule has 0 spiro atoms. The van der Waals surface area contributed by atoms with Crippen LogP contribution in [-0.2, 0) is 0 Å². The van der Waals surface area contributed by atoms with E-state index in [0.29, 0.717) is 10.0 Å². The Morgan fingerprint density at radius 3 is 2.33 bits per heavy atom. The zero-order valence-corrected chi connectivity index (χ0v) is 14.8. The monoisotopic (exact) mass is 327 g/mol. The Hall–Kier alpha value is -0.840. The summed E-state index contributed by atoms with van der Waals surface area (Å²) in [6.07, 6.45) is 1.12. The first kappa shape index (κ1) is 18.2. The lowest BCUT2D eigenvalue weighted by molar-refractivity contribution is 0.301. The number of hydrogen-bond acceptors (Lipinski definition) is 3. The van der Waals surface area contributed by atoms with Crippen molar-refractivity contribution >= 4 is 34.5 Å². The molecule has 21 heavy (non-hydrogen) atoms. The molecular weight excluding hydrogens is 302 g/mol. The van der Waals surface area contributed by atoms with Crippen LogP contribution in [0, 0.1) is 0 Å². The molecule has 0 heterocycles. The van der Waals surface area contributed by atoms with Gasteiger partial charge in [0.1, 0.15) is 4.99 Å². The van der Waals surface area contributed by atoms with Gasteiger partial charge in [0.2, 0.25) is 0 Å². The fourth-order valence-corrected chi connectivity index (χ4v) is 2.79. The van der Waals surface area contributed by atoms with E-state index in [-0.39, 0.29) is 0 Å². The van der Waals surface area contributed by atoms with Gasteiger partial charge in [0.15, 0.2) is 0 Å². The second kappa shape index (κ2) is 9.23. The van der Waals surface area contributed by atoms with E-state index >= 15 is 0 Å². The molecule has 3 nitrogen and oxygen atoms in total. The Morgan fingerprint density at radius 2 is 1.81 bits per heavy atom. The summed E-state index contributed by atoms with van der Waals surface area (Å²) in [7, 11) is 0. The maximum absolute atomic E-state index is 6.05. The molecule has 0 radical (unpaired) electrons. The van der Waals surface area contributed by atoms with E-state index < -0.39 is 0 Å². The zero-order chi connectivity index (χ0) is 15.8. The fraction of sp³-hybridized carbons (Fsp3) is 0.562. The molecule has 0 aliphatic heterocycles. The Morgan fingerprint density at radius 1 is 1.14 bits per heavy atom. The van der Waals surface area contributed by atoms with Crippen molar-refractivity contribution in [1.82, 2.24) is 4.90 Å². The summed E-state index contributed by atoms with van der Waals surface area (Å²) in [5, 5.41) is 0.667. The van der Waals surface area contributed by atoms with E-state index in [1.165, 1.54) is 0 Å². The van der Waals surface area contributed by atoms with Gasteiger partial charge < -0.3 is 15.5 Å². The summed E-state index contributed by atoms with van der Waals surface area (Å²) in [4.78, 5) is 5.15. The Bertz CT molecular complexity index is 461. The first-order valence-electron chi connectivity index (χ1n) is 7.60. The van der Waals surface area contributed by atoms with Gasteiger partial charge >= 0.3 is 0 Å². The predicted molar refractivity (Wildman–Crippen MR) is 97.6 cm³/mol. The van der Waals surface area contributed by atoms with Gasteiger partial charge in [-0.1, -0.05) is 37.7 Å². The molecule has 0 aliphatic rings. The lowest BCUT2D eigenvalue weighted by Crippen LogP contribution is -2.31. The highest BCUT2D eigenvalue weighted by Gasteiger charge is 2.12. The normalized spacial score (nSPS) is 10.9. The molecule has 0 fully saturated rings. The Kier molecular flexibility index (Phi) is 8.01. The molecule has 0 aliphatic carbocycles. The molecule has 0 bridgehead atoms. The van der Waals surface area contributed by atoms with Crippen LogP contribution in [0.1, 0.15) is 32.8 Å². The number of thiocarbonyl (C=S) groups is 1. The minimum absolute atomic E-state index is 0.398. The molecule has 0 atom stereocenters. The average molecular weight is 328 g/mol. The van der Waals surface area contributed by atoms with Crippen LogP contribution in [0.15, 0.2) is 18.2 Å². The van der Waals surface area contributed by atoms with Crippen LogP contribution in [0.4, 0.5) is 5.69 Å². The van der Waals surface area contributed by atoms with Crippen LogP contribution < -0.4 is 10.6 Å². The molecule has 1 aromatic carbocycles. The summed E-state index contributed by atoms with van der Waals surface area (Å²) in [6.45, 7) is 11.8. The van der Waals surface area contributed by atoms with Crippen LogP contribution in [0.25, 0.3) is 0 Å². The van der Waals surface area contributed by atoms with E-state index in [2.05, 4.69) is 30.6 Å². The topological polar surface area (TPSA) is 32.5 Å². The largest absolute Gasteiger partial charge is 0.389 e. The zero-order valence-electron chi connectivity index (χ0n) is 13.2. The highest BCUT2D eigenvalue weighted by molar-refractivity contribution is 7.80. The predicted octanol–water partition coefficient (Wildman–Crippen LogP) is 3.53. The van der Waals surface area contributed by atoms with E-state index in [1.54, 1.807) is 0 Å². The van der Waals surface area contributed by atoms with Gasteiger partial charge in [-0.15, -0.1) is 0 Å². The first-order chi connectivity index (χ1) is 10.0. The summed E-state index contributed by atoms with van der Waals surface area (Å²) in [6, 6.07) is 5.76. The molecule has 2 N–H and O–H groups in total. The first-order valence-corrected chi connectivity index (χ1v) is 8.38. The van der Waals surface area contributed by atoms with Gasteiger partial charge in [0, 0.05) is 29.4 Å². The van der Waals surface area contributed by atoms with E-state index in [0.717, 1.165) is 50.4 Å². The van der Waals surface area contributed by atoms with Crippen molar-refractivity contribution in [3.05, 3.63) is 28.8 Å². The van der Waals surface area contributed by atoms with Crippen molar-refractivity contribution in [3.8, 4) is 0 Å². The number of nitrogens with zero attached hydrogens (tertiary/aromatic N) is 2. The van der Waals surface area contributed by atoms with E-state index in [9.17, 15) is 0 Å². The van der Waals surface area contributed by atoms with Crippen molar-refractivity contribution in [2.45, 2.75) is 27.2 Å². The maximum atomic E-state index is 6.05. The summed E-state index contributed by atoms with van der Waals surface area (Å²) >= 11 is 11.2.